The van der Waals surface area contributed by atoms with Crippen molar-refractivity contribution < 1.29 is 9.72 Å². The van der Waals surface area contributed by atoms with Crippen molar-refractivity contribution in [3.05, 3.63) is 55.7 Å². The molecule has 2 aromatic rings. The van der Waals surface area contributed by atoms with Crippen molar-refractivity contribution in [1.29, 1.82) is 0 Å². The summed E-state index contributed by atoms with van der Waals surface area (Å²) in [5, 5.41) is 14.6. The molecule has 0 fully saturated rings. The highest BCUT2D eigenvalue weighted by Gasteiger charge is 2.26. The first-order valence-corrected chi connectivity index (χ1v) is 7.11. The third-order valence-corrected chi connectivity index (χ3v) is 3.97. The van der Waals surface area contributed by atoms with Crippen molar-refractivity contribution in [2.45, 2.75) is 26.8 Å². The lowest BCUT2D eigenvalue weighted by molar-refractivity contribution is -0.390. The number of ketones is 1. The molecule has 1 aromatic carbocycles. The molecule has 0 amide bonds. The van der Waals surface area contributed by atoms with Crippen molar-refractivity contribution in [2.75, 3.05) is 0 Å². The molecular formula is C14H14BrN3O3. The van der Waals surface area contributed by atoms with E-state index >= 15 is 0 Å². The SMILES string of the molecule is Cc1ccc(C(=O)C(C)n2cc(Br)c([N+](=O)[O-])n2)cc1C. The fourth-order valence-electron chi connectivity index (χ4n) is 1.94. The van der Waals surface area contributed by atoms with Crippen molar-refractivity contribution in [1.82, 2.24) is 9.78 Å². The van der Waals surface area contributed by atoms with E-state index in [0.29, 0.717) is 5.56 Å². The average molecular weight is 352 g/mol. The zero-order valence-electron chi connectivity index (χ0n) is 11.8. The molecule has 1 aromatic heterocycles. The lowest BCUT2D eigenvalue weighted by Gasteiger charge is -2.09. The second kappa shape index (κ2) is 5.77. The van der Waals surface area contributed by atoms with E-state index in [9.17, 15) is 14.9 Å². The topological polar surface area (TPSA) is 78.0 Å². The Morgan fingerprint density at radius 3 is 2.57 bits per heavy atom. The Kier molecular flexibility index (Phi) is 4.22. The summed E-state index contributed by atoms with van der Waals surface area (Å²) in [5.74, 6) is -0.433. The summed E-state index contributed by atoms with van der Waals surface area (Å²) in [7, 11) is 0. The maximum Gasteiger partial charge on any atom is 0.404 e. The van der Waals surface area contributed by atoms with Gasteiger partial charge in [-0.15, -0.1) is 0 Å². The first-order chi connectivity index (χ1) is 9.81. The van der Waals surface area contributed by atoms with Gasteiger partial charge in [-0.1, -0.05) is 12.1 Å². The average Bonchev–Trinajstić information content (AvgIpc) is 2.82. The van der Waals surface area contributed by atoms with Crippen molar-refractivity contribution in [3.8, 4) is 0 Å². The Labute approximate surface area is 130 Å². The normalized spacial score (nSPS) is 12.2. The van der Waals surface area contributed by atoms with Gasteiger partial charge in [-0.3, -0.25) is 4.79 Å². The van der Waals surface area contributed by atoms with E-state index in [1.165, 1.54) is 10.9 Å². The third kappa shape index (κ3) is 3.02. The highest BCUT2D eigenvalue weighted by Crippen LogP contribution is 2.25. The molecule has 7 heteroatoms. The van der Waals surface area contributed by atoms with Crippen LogP contribution < -0.4 is 0 Å². The van der Waals surface area contributed by atoms with Gasteiger partial charge in [0.25, 0.3) is 0 Å². The smallest absolute Gasteiger partial charge is 0.358 e. The van der Waals surface area contributed by atoms with Crippen LogP contribution in [0.25, 0.3) is 0 Å². The zero-order valence-corrected chi connectivity index (χ0v) is 13.4. The molecule has 2 rings (SSSR count). The van der Waals surface area contributed by atoms with E-state index in [1.54, 1.807) is 13.0 Å². The summed E-state index contributed by atoms with van der Waals surface area (Å²) >= 11 is 3.08. The number of carbonyl (C=O) groups excluding carboxylic acids is 1. The number of aromatic nitrogens is 2. The van der Waals surface area contributed by atoms with E-state index in [1.807, 2.05) is 26.0 Å². The van der Waals surface area contributed by atoms with Crippen LogP contribution in [0.3, 0.4) is 0 Å². The third-order valence-electron chi connectivity index (χ3n) is 3.41. The van der Waals surface area contributed by atoms with Crippen molar-refractivity contribution in [2.24, 2.45) is 0 Å². The predicted octanol–water partition coefficient (Wildman–Crippen LogP) is 3.61. The van der Waals surface area contributed by atoms with Crippen molar-refractivity contribution in [3.63, 3.8) is 0 Å². The molecule has 0 aliphatic heterocycles. The lowest BCUT2D eigenvalue weighted by atomic mass is 10.0. The van der Waals surface area contributed by atoms with Crippen LogP contribution in [0.2, 0.25) is 0 Å². The second-order valence-electron chi connectivity index (χ2n) is 4.88. The van der Waals surface area contributed by atoms with Crippen LogP contribution in [0.5, 0.6) is 0 Å². The number of nitrogens with zero attached hydrogens (tertiary/aromatic N) is 3. The molecule has 0 bridgehead atoms. The van der Waals surface area contributed by atoms with Gasteiger partial charge in [-0.05, 0) is 58.8 Å². The van der Waals surface area contributed by atoms with Gasteiger partial charge in [0.2, 0.25) is 0 Å². The maximum atomic E-state index is 12.5. The van der Waals surface area contributed by atoms with Crippen LogP contribution in [0.1, 0.15) is 34.5 Å². The van der Waals surface area contributed by atoms with E-state index in [2.05, 4.69) is 21.0 Å². The molecule has 1 heterocycles. The highest BCUT2D eigenvalue weighted by molar-refractivity contribution is 9.10. The number of halogens is 1. The van der Waals surface area contributed by atoms with Gasteiger partial charge in [0.1, 0.15) is 10.5 Å². The molecule has 21 heavy (non-hydrogen) atoms. The summed E-state index contributed by atoms with van der Waals surface area (Å²) in [6.45, 7) is 5.58. The summed E-state index contributed by atoms with van der Waals surface area (Å²) in [4.78, 5) is 22.7. The number of carbonyl (C=O) groups is 1. The minimum absolute atomic E-state index is 0.136. The molecule has 6 nitrogen and oxygen atoms in total. The largest absolute Gasteiger partial charge is 0.404 e. The molecular weight excluding hydrogens is 338 g/mol. The van der Waals surface area contributed by atoms with Gasteiger partial charge < -0.3 is 10.1 Å². The van der Waals surface area contributed by atoms with Gasteiger partial charge in [0, 0.05) is 5.56 Å². The maximum absolute atomic E-state index is 12.5. The first-order valence-electron chi connectivity index (χ1n) is 6.31. The fourth-order valence-corrected chi connectivity index (χ4v) is 2.37. The van der Waals surface area contributed by atoms with Gasteiger partial charge in [0.15, 0.2) is 5.78 Å². The lowest BCUT2D eigenvalue weighted by Crippen LogP contribution is -2.17. The van der Waals surface area contributed by atoms with Crippen molar-refractivity contribution >= 4 is 27.5 Å². The van der Waals surface area contributed by atoms with E-state index in [-0.39, 0.29) is 16.1 Å². The standard InChI is InChI=1S/C14H14BrN3O3/c1-8-4-5-11(6-9(8)2)13(19)10(3)17-7-12(15)14(16-17)18(20)21/h4-7,10H,1-3H3. The number of benzene rings is 1. The molecule has 0 spiro atoms. The Bertz CT molecular complexity index is 724. The van der Waals surface area contributed by atoms with E-state index in [4.69, 9.17) is 0 Å². The minimum Gasteiger partial charge on any atom is -0.358 e. The summed E-state index contributed by atoms with van der Waals surface area (Å²) in [6.07, 6.45) is 1.45. The molecule has 110 valence electrons. The van der Waals surface area contributed by atoms with E-state index in [0.717, 1.165) is 11.1 Å². The number of aryl methyl sites for hydroxylation is 2. The highest BCUT2D eigenvalue weighted by atomic mass is 79.9. The quantitative estimate of drug-likeness (QED) is 0.478. The van der Waals surface area contributed by atoms with Gasteiger partial charge in [-0.25, -0.2) is 0 Å². The van der Waals surface area contributed by atoms with Crippen LogP contribution in [0, 0.1) is 24.0 Å². The minimum atomic E-state index is -0.614. The fraction of sp³-hybridized carbons (Fsp3) is 0.286. The number of rotatable bonds is 4. The Balaban J connectivity index is 2.32. The summed E-state index contributed by atoms with van der Waals surface area (Å²) < 4.78 is 1.56. The van der Waals surface area contributed by atoms with Gasteiger partial charge in [-0.2, -0.15) is 4.68 Å². The Hall–Kier alpha value is -2.02. The molecule has 0 aliphatic rings. The van der Waals surface area contributed by atoms with Gasteiger partial charge >= 0.3 is 5.82 Å². The van der Waals surface area contributed by atoms with Crippen LogP contribution >= 0.6 is 15.9 Å². The number of hydrogen-bond donors (Lipinski definition) is 0. The molecule has 1 unspecified atom stereocenters. The molecule has 0 aliphatic carbocycles. The Morgan fingerprint density at radius 1 is 1.38 bits per heavy atom. The molecule has 0 saturated heterocycles. The summed E-state index contributed by atoms with van der Waals surface area (Å²) in [6, 6.07) is 4.85. The van der Waals surface area contributed by atoms with Crippen LogP contribution in [0.15, 0.2) is 28.9 Å². The monoisotopic (exact) mass is 351 g/mol. The molecule has 0 saturated carbocycles. The molecule has 0 N–H and O–H groups in total. The Morgan fingerprint density at radius 2 is 2.05 bits per heavy atom. The molecule has 0 radical (unpaired) electrons. The molecule has 1 atom stereocenters. The second-order valence-corrected chi connectivity index (χ2v) is 5.73. The first kappa shape index (κ1) is 15.4. The zero-order chi connectivity index (χ0) is 15.7. The number of nitro groups is 1. The summed E-state index contributed by atoms with van der Waals surface area (Å²) in [5.41, 5.74) is 2.71. The number of Topliss-reactive ketones (excluding diaryl/α,β-unsaturated/α-hetero) is 1. The number of hydrogen-bond acceptors (Lipinski definition) is 4. The van der Waals surface area contributed by atoms with Crippen LogP contribution in [-0.4, -0.2) is 20.5 Å². The van der Waals surface area contributed by atoms with Gasteiger partial charge in [0.05, 0.1) is 11.3 Å². The predicted molar refractivity (Wildman–Crippen MR) is 81.5 cm³/mol. The van der Waals surface area contributed by atoms with Crippen LogP contribution in [-0.2, 0) is 0 Å². The van der Waals surface area contributed by atoms with E-state index < -0.39 is 11.0 Å². The van der Waals surface area contributed by atoms with Crippen LogP contribution in [0.4, 0.5) is 5.82 Å².